The van der Waals surface area contributed by atoms with Gasteiger partial charge in [0.25, 0.3) is 0 Å². The molecule has 1 aliphatic carbocycles. The molecule has 0 fully saturated rings. The molecule has 0 aromatic carbocycles. The number of carbonyl (C=O) groups excluding carboxylic acids is 1. The maximum absolute atomic E-state index is 10.7. The van der Waals surface area contributed by atoms with Gasteiger partial charge in [0, 0.05) is 0 Å². The van der Waals surface area contributed by atoms with Crippen molar-refractivity contribution in [3.8, 4) is 0 Å². The van der Waals surface area contributed by atoms with Crippen LogP contribution in [-0.2, 0) is 4.74 Å². The third kappa shape index (κ3) is 2.62. The summed E-state index contributed by atoms with van der Waals surface area (Å²) in [4.78, 5) is 10.7. The van der Waals surface area contributed by atoms with Crippen LogP contribution < -0.4 is 5.32 Å². The molecule has 11 heavy (non-hydrogen) atoms. The molecule has 1 amide bonds. The number of rotatable bonds is 1. The molecule has 1 unspecified atom stereocenters. The van der Waals surface area contributed by atoms with Crippen LogP contribution in [0.25, 0.3) is 0 Å². The summed E-state index contributed by atoms with van der Waals surface area (Å²) in [6, 6.07) is 0.177. The molecule has 62 valence electrons. The summed E-state index contributed by atoms with van der Waals surface area (Å²) in [5, 5.41) is 2.72. The standard InChI is InChI=1S/C8H13NO2/c1-11-8(10)9-7-5-3-2-4-6-7/h3,5,7H,2,4,6H2,1H3,(H,9,10). The molecule has 1 rings (SSSR count). The lowest BCUT2D eigenvalue weighted by Gasteiger charge is -2.16. The number of amides is 1. The van der Waals surface area contributed by atoms with Crippen LogP contribution in [0.15, 0.2) is 12.2 Å². The van der Waals surface area contributed by atoms with Crippen molar-refractivity contribution in [2.45, 2.75) is 25.3 Å². The van der Waals surface area contributed by atoms with Crippen molar-refractivity contribution in [1.82, 2.24) is 5.32 Å². The average Bonchev–Trinajstić information content (AvgIpc) is 2.06. The summed E-state index contributed by atoms with van der Waals surface area (Å²) in [5.74, 6) is 0. The Bertz CT molecular complexity index is 165. The molecule has 0 aromatic heterocycles. The summed E-state index contributed by atoms with van der Waals surface area (Å²) in [6.07, 6.45) is 7.04. The summed E-state index contributed by atoms with van der Waals surface area (Å²) in [6.45, 7) is 0. The monoisotopic (exact) mass is 155 g/mol. The van der Waals surface area contributed by atoms with E-state index in [4.69, 9.17) is 0 Å². The van der Waals surface area contributed by atoms with Crippen LogP contribution in [0, 0.1) is 0 Å². The Labute approximate surface area is 66.4 Å². The summed E-state index contributed by atoms with van der Waals surface area (Å²) in [5.41, 5.74) is 0. The molecule has 0 heterocycles. The van der Waals surface area contributed by atoms with Crippen molar-refractivity contribution in [3.63, 3.8) is 0 Å². The lowest BCUT2D eigenvalue weighted by molar-refractivity contribution is 0.168. The van der Waals surface area contributed by atoms with Gasteiger partial charge in [0.05, 0.1) is 13.2 Å². The predicted molar refractivity (Wildman–Crippen MR) is 42.3 cm³/mol. The first-order chi connectivity index (χ1) is 5.33. The van der Waals surface area contributed by atoms with E-state index in [0.717, 1.165) is 19.3 Å². The molecule has 0 spiro atoms. The number of alkyl carbamates (subject to hydrolysis) is 1. The molecule has 1 aliphatic rings. The Balaban J connectivity index is 2.30. The summed E-state index contributed by atoms with van der Waals surface area (Å²) < 4.78 is 4.47. The largest absolute Gasteiger partial charge is 0.453 e. The minimum absolute atomic E-state index is 0.177. The normalized spacial score (nSPS) is 22.8. The minimum atomic E-state index is -0.346. The number of ether oxygens (including phenoxy) is 1. The van der Waals surface area contributed by atoms with Crippen molar-refractivity contribution in [3.05, 3.63) is 12.2 Å². The summed E-state index contributed by atoms with van der Waals surface area (Å²) in [7, 11) is 1.38. The average molecular weight is 155 g/mol. The van der Waals surface area contributed by atoms with E-state index in [0.29, 0.717) is 0 Å². The van der Waals surface area contributed by atoms with E-state index < -0.39 is 0 Å². The van der Waals surface area contributed by atoms with Crippen LogP contribution in [-0.4, -0.2) is 19.2 Å². The zero-order valence-corrected chi connectivity index (χ0v) is 6.67. The van der Waals surface area contributed by atoms with Crippen molar-refractivity contribution >= 4 is 6.09 Å². The van der Waals surface area contributed by atoms with Gasteiger partial charge in [-0.05, 0) is 19.3 Å². The molecule has 0 saturated carbocycles. The molecule has 0 aromatic rings. The topological polar surface area (TPSA) is 38.3 Å². The van der Waals surface area contributed by atoms with Gasteiger partial charge >= 0.3 is 6.09 Å². The fourth-order valence-electron chi connectivity index (χ4n) is 1.14. The Morgan fingerprint density at radius 2 is 2.55 bits per heavy atom. The number of nitrogens with one attached hydrogen (secondary N) is 1. The van der Waals surface area contributed by atoms with E-state index in [9.17, 15) is 4.79 Å². The number of carbonyl (C=O) groups is 1. The third-order valence-corrected chi connectivity index (χ3v) is 1.74. The number of methoxy groups -OCH3 is 1. The molecule has 3 nitrogen and oxygen atoms in total. The van der Waals surface area contributed by atoms with Gasteiger partial charge in [-0.2, -0.15) is 0 Å². The minimum Gasteiger partial charge on any atom is -0.453 e. The fraction of sp³-hybridized carbons (Fsp3) is 0.625. The Hall–Kier alpha value is -0.990. The zero-order valence-electron chi connectivity index (χ0n) is 6.67. The molecular weight excluding hydrogens is 142 g/mol. The second kappa shape index (κ2) is 4.01. The van der Waals surface area contributed by atoms with Gasteiger partial charge in [-0.1, -0.05) is 12.2 Å². The lowest BCUT2D eigenvalue weighted by atomic mass is 10.0. The van der Waals surface area contributed by atoms with E-state index in [1.54, 1.807) is 0 Å². The highest BCUT2D eigenvalue weighted by Crippen LogP contribution is 2.09. The number of allylic oxidation sites excluding steroid dienone is 1. The third-order valence-electron chi connectivity index (χ3n) is 1.74. The molecule has 0 aliphatic heterocycles. The Kier molecular flexibility index (Phi) is 2.95. The lowest BCUT2D eigenvalue weighted by Crippen LogP contribution is -2.33. The molecule has 0 bridgehead atoms. The van der Waals surface area contributed by atoms with E-state index in [2.05, 4.69) is 16.1 Å². The predicted octanol–water partition coefficient (Wildman–Crippen LogP) is 1.45. The molecule has 0 radical (unpaired) electrons. The highest BCUT2D eigenvalue weighted by molar-refractivity contribution is 5.67. The van der Waals surface area contributed by atoms with Crippen LogP contribution in [0.4, 0.5) is 4.79 Å². The van der Waals surface area contributed by atoms with Gasteiger partial charge in [-0.15, -0.1) is 0 Å². The number of hydrogen-bond acceptors (Lipinski definition) is 2. The van der Waals surface area contributed by atoms with Crippen LogP contribution in [0.2, 0.25) is 0 Å². The molecule has 3 heteroatoms. The zero-order chi connectivity index (χ0) is 8.10. The van der Waals surface area contributed by atoms with Crippen LogP contribution in [0.3, 0.4) is 0 Å². The van der Waals surface area contributed by atoms with Gasteiger partial charge in [-0.25, -0.2) is 4.79 Å². The van der Waals surface area contributed by atoms with Gasteiger partial charge < -0.3 is 10.1 Å². The van der Waals surface area contributed by atoms with E-state index in [-0.39, 0.29) is 12.1 Å². The van der Waals surface area contributed by atoms with E-state index in [1.165, 1.54) is 7.11 Å². The molecule has 0 saturated heterocycles. The van der Waals surface area contributed by atoms with Crippen molar-refractivity contribution in [2.24, 2.45) is 0 Å². The first kappa shape index (κ1) is 8.11. The van der Waals surface area contributed by atoms with Gasteiger partial charge in [-0.3, -0.25) is 0 Å². The first-order valence-electron chi connectivity index (χ1n) is 3.84. The highest BCUT2D eigenvalue weighted by Gasteiger charge is 2.10. The smallest absolute Gasteiger partial charge is 0.407 e. The maximum atomic E-state index is 10.7. The van der Waals surface area contributed by atoms with Gasteiger partial charge in [0.1, 0.15) is 0 Å². The second-order valence-corrected chi connectivity index (χ2v) is 2.60. The van der Waals surface area contributed by atoms with Gasteiger partial charge in [0.2, 0.25) is 0 Å². The molecular formula is C8H13NO2. The van der Waals surface area contributed by atoms with Crippen molar-refractivity contribution in [1.29, 1.82) is 0 Å². The second-order valence-electron chi connectivity index (χ2n) is 2.60. The quantitative estimate of drug-likeness (QED) is 0.582. The van der Waals surface area contributed by atoms with Crippen LogP contribution in [0.5, 0.6) is 0 Å². The molecule has 1 N–H and O–H groups in total. The SMILES string of the molecule is COC(=O)NC1C=CCCC1. The van der Waals surface area contributed by atoms with Crippen LogP contribution >= 0.6 is 0 Å². The first-order valence-corrected chi connectivity index (χ1v) is 3.84. The summed E-state index contributed by atoms with van der Waals surface area (Å²) >= 11 is 0. The highest BCUT2D eigenvalue weighted by atomic mass is 16.5. The van der Waals surface area contributed by atoms with Crippen LogP contribution in [0.1, 0.15) is 19.3 Å². The fourth-order valence-corrected chi connectivity index (χ4v) is 1.14. The maximum Gasteiger partial charge on any atom is 0.407 e. The van der Waals surface area contributed by atoms with Crippen molar-refractivity contribution < 1.29 is 9.53 Å². The Morgan fingerprint density at radius 3 is 3.09 bits per heavy atom. The molecule has 1 atom stereocenters. The number of hydrogen-bond donors (Lipinski definition) is 1. The van der Waals surface area contributed by atoms with E-state index >= 15 is 0 Å². The van der Waals surface area contributed by atoms with E-state index in [1.807, 2.05) is 6.08 Å². The van der Waals surface area contributed by atoms with Crippen molar-refractivity contribution in [2.75, 3.05) is 7.11 Å². The van der Waals surface area contributed by atoms with Gasteiger partial charge in [0.15, 0.2) is 0 Å². The Morgan fingerprint density at radius 1 is 1.73 bits per heavy atom.